The molecule has 0 fully saturated rings. The summed E-state index contributed by atoms with van der Waals surface area (Å²) in [7, 11) is 3.67. The molecule has 1 aromatic rings. The van der Waals surface area contributed by atoms with Crippen molar-refractivity contribution in [3.05, 3.63) is 28.2 Å². The molecule has 4 heteroatoms. The van der Waals surface area contributed by atoms with Crippen LogP contribution in [0.2, 0.25) is 0 Å². The quantitative estimate of drug-likeness (QED) is 0.833. The molecule has 0 aliphatic carbocycles. The molecule has 0 N–H and O–H groups in total. The van der Waals surface area contributed by atoms with Gasteiger partial charge in [-0.25, -0.2) is 0 Å². The molecule has 3 nitrogen and oxygen atoms in total. The number of nitrogens with zero attached hydrogens (tertiary/aromatic N) is 2. The number of halogens is 1. The normalized spacial score (nSPS) is 10.2. The maximum absolute atomic E-state index is 8.52. The van der Waals surface area contributed by atoms with Crippen LogP contribution in [0.1, 0.15) is 12.0 Å². The van der Waals surface area contributed by atoms with Gasteiger partial charge in [0.1, 0.15) is 5.75 Å². The lowest BCUT2D eigenvalue weighted by Crippen LogP contribution is -2.19. The van der Waals surface area contributed by atoms with E-state index < -0.39 is 0 Å². The largest absolute Gasteiger partial charge is 0.496 e. The molecule has 0 aliphatic heterocycles. The number of hydrogen-bond donors (Lipinski definition) is 0. The van der Waals surface area contributed by atoms with Gasteiger partial charge in [0.2, 0.25) is 0 Å². The number of benzene rings is 1. The summed E-state index contributed by atoms with van der Waals surface area (Å²) in [4.78, 5) is 2.10. The van der Waals surface area contributed by atoms with Crippen molar-refractivity contribution in [2.24, 2.45) is 0 Å². The maximum Gasteiger partial charge on any atom is 0.123 e. The molecule has 0 aliphatic rings. The van der Waals surface area contributed by atoms with Crippen LogP contribution in [0.25, 0.3) is 0 Å². The Kier molecular flexibility index (Phi) is 5.30. The highest BCUT2D eigenvalue weighted by atomic mass is 79.9. The van der Waals surface area contributed by atoms with Gasteiger partial charge in [-0.05, 0) is 25.2 Å². The van der Waals surface area contributed by atoms with E-state index in [4.69, 9.17) is 10.00 Å². The second-order valence-electron chi connectivity index (χ2n) is 3.60. The zero-order chi connectivity index (χ0) is 12.0. The summed E-state index contributed by atoms with van der Waals surface area (Å²) in [6.07, 6.45) is 0.548. The van der Waals surface area contributed by atoms with Crippen molar-refractivity contribution in [2.75, 3.05) is 20.7 Å². The fourth-order valence-electron chi connectivity index (χ4n) is 1.48. The monoisotopic (exact) mass is 282 g/mol. The summed E-state index contributed by atoms with van der Waals surface area (Å²) in [5.74, 6) is 0.881. The highest BCUT2D eigenvalue weighted by Gasteiger charge is 2.06. The number of methoxy groups -OCH3 is 1. The Morgan fingerprint density at radius 2 is 2.25 bits per heavy atom. The van der Waals surface area contributed by atoms with Gasteiger partial charge in [-0.1, -0.05) is 15.9 Å². The van der Waals surface area contributed by atoms with E-state index in [0.29, 0.717) is 6.42 Å². The van der Waals surface area contributed by atoms with Gasteiger partial charge in [0.05, 0.1) is 13.2 Å². The summed E-state index contributed by atoms with van der Waals surface area (Å²) in [6, 6.07) is 8.08. The molecular weight excluding hydrogens is 268 g/mol. The van der Waals surface area contributed by atoms with Gasteiger partial charge in [0, 0.05) is 29.5 Å². The van der Waals surface area contributed by atoms with Crippen molar-refractivity contribution in [1.82, 2.24) is 4.90 Å². The molecule has 1 rings (SSSR count). The number of ether oxygens (including phenoxy) is 1. The zero-order valence-corrected chi connectivity index (χ0v) is 11.1. The minimum atomic E-state index is 0.548. The summed E-state index contributed by atoms with van der Waals surface area (Å²) in [5, 5.41) is 8.52. The van der Waals surface area contributed by atoms with Crippen molar-refractivity contribution in [3.8, 4) is 11.8 Å². The first-order valence-corrected chi connectivity index (χ1v) is 5.84. The van der Waals surface area contributed by atoms with Gasteiger partial charge in [-0.2, -0.15) is 5.26 Å². The van der Waals surface area contributed by atoms with Crippen LogP contribution in [0.3, 0.4) is 0 Å². The van der Waals surface area contributed by atoms with E-state index in [1.54, 1.807) is 7.11 Å². The number of nitriles is 1. The molecule has 0 bridgehead atoms. The summed E-state index contributed by atoms with van der Waals surface area (Å²) in [6.45, 7) is 1.55. The highest BCUT2D eigenvalue weighted by molar-refractivity contribution is 9.10. The molecule has 0 aromatic heterocycles. The molecule has 1 aromatic carbocycles. The molecule has 0 unspecified atom stereocenters. The van der Waals surface area contributed by atoms with E-state index in [1.165, 1.54) is 0 Å². The first-order valence-electron chi connectivity index (χ1n) is 5.05. The van der Waals surface area contributed by atoms with Crippen LogP contribution in [0.15, 0.2) is 22.7 Å². The van der Waals surface area contributed by atoms with Crippen LogP contribution >= 0.6 is 15.9 Å². The molecule has 0 saturated carbocycles. The van der Waals surface area contributed by atoms with Crippen LogP contribution in [0.4, 0.5) is 0 Å². The SMILES string of the molecule is COc1ccc(Br)cc1CN(C)CCC#N. The molecule has 0 atom stereocenters. The van der Waals surface area contributed by atoms with Gasteiger partial charge in [0.25, 0.3) is 0 Å². The van der Waals surface area contributed by atoms with Crippen molar-refractivity contribution in [2.45, 2.75) is 13.0 Å². The lowest BCUT2D eigenvalue weighted by Gasteiger charge is -2.17. The molecule has 16 heavy (non-hydrogen) atoms. The average Bonchev–Trinajstić information content (AvgIpc) is 2.27. The molecule has 0 radical (unpaired) electrons. The van der Waals surface area contributed by atoms with Gasteiger partial charge in [-0.3, -0.25) is 0 Å². The van der Waals surface area contributed by atoms with Crippen LogP contribution in [-0.2, 0) is 6.54 Å². The van der Waals surface area contributed by atoms with Crippen LogP contribution < -0.4 is 4.74 Å². The Hall–Kier alpha value is -1.05. The van der Waals surface area contributed by atoms with Crippen LogP contribution in [-0.4, -0.2) is 25.6 Å². The standard InChI is InChI=1S/C12H15BrN2O/c1-15(7-3-6-14)9-10-8-11(13)4-5-12(10)16-2/h4-5,8H,3,7,9H2,1-2H3. The molecule has 0 heterocycles. The maximum atomic E-state index is 8.52. The van der Waals surface area contributed by atoms with Crippen molar-refractivity contribution in [1.29, 1.82) is 5.26 Å². The van der Waals surface area contributed by atoms with E-state index in [-0.39, 0.29) is 0 Å². The first kappa shape index (κ1) is 13.0. The van der Waals surface area contributed by atoms with E-state index in [9.17, 15) is 0 Å². The Balaban J connectivity index is 2.71. The summed E-state index contributed by atoms with van der Waals surface area (Å²) >= 11 is 3.44. The van der Waals surface area contributed by atoms with Crippen molar-refractivity contribution >= 4 is 15.9 Å². The number of rotatable bonds is 5. The third-order valence-corrected chi connectivity index (χ3v) is 2.78. The third-order valence-electron chi connectivity index (χ3n) is 2.29. The van der Waals surface area contributed by atoms with Gasteiger partial charge < -0.3 is 9.64 Å². The van der Waals surface area contributed by atoms with Crippen LogP contribution in [0.5, 0.6) is 5.75 Å². The van der Waals surface area contributed by atoms with E-state index in [2.05, 4.69) is 26.9 Å². The fourth-order valence-corrected chi connectivity index (χ4v) is 1.89. The summed E-state index contributed by atoms with van der Waals surface area (Å²) < 4.78 is 6.33. The van der Waals surface area contributed by atoms with Gasteiger partial charge in [-0.15, -0.1) is 0 Å². The summed E-state index contributed by atoms with van der Waals surface area (Å²) in [5.41, 5.74) is 1.12. The Bertz CT molecular complexity index is 387. The Morgan fingerprint density at radius 3 is 2.88 bits per heavy atom. The third kappa shape index (κ3) is 3.84. The topological polar surface area (TPSA) is 36.3 Å². The molecule has 0 spiro atoms. The smallest absolute Gasteiger partial charge is 0.123 e. The van der Waals surface area contributed by atoms with E-state index in [1.807, 2.05) is 25.2 Å². The van der Waals surface area contributed by atoms with Crippen molar-refractivity contribution < 1.29 is 4.74 Å². The molecule has 86 valence electrons. The van der Waals surface area contributed by atoms with Crippen molar-refractivity contribution in [3.63, 3.8) is 0 Å². The predicted octanol–water partition coefficient (Wildman–Crippen LogP) is 2.80. The number of hydrogen-bond acceptors (Lipinski definition) is 3. The van der Waals surface area contributed by atoms with E-state index >= 15 is 0 Å². The van der Waals surface area contributed by atoms with E-state index in [0.717, 1.165) is 28.9 Å². The van der Waals surface area contributed by atoms with Gasteiger partial charge in [0.15, 0.2) is 0 Å². The second kappa shape index (κ2) is 6.51. The minimum Gasteiger partial charge on any atom is -0.496 e. The minimum absolute atomic E-state index is 0.548. The molecule has 0 amide bonds. The lowest BCUT2D eigenvalue weighted by molar-refractivity contribution is 0.324. The Morgan fingerprint density at radius 1 is 1.50 bits per heavy atom. The predicted molar refractivity (Wildman–Crippen MR) is 67.3 cm³/mol. The lowest BCUT2D eigenvalue weighted by atomic mass is 10.2. The second-order valence-corrected chi connectivity index (χ2v) is 4.52. The average molecular weight is 283 g/mol. The molecule has 0 saturated heterocycles. The molecular formula is C12H15BrN2O. The first-order chi connectivity index (χ1) is 7.67. The van der Waals surface area contributed by atoms with Crippen LogP contribution in [0, 0.1) is 11.3 Å². The zero-order valence-electron chi connectivity index (χ0n) is 9.53. The Labute approximate surface area is 105 Å². The highest BCUT2D eigenvalue weighted by Crippen LogP contribution is 2.23. The fraction of sp³-hybridized carbons (Fsp3) is 0.417. The van der Waals surface area contributed by atoms with Gasteiger partial charge >= 0.3 is 0 Å².